The van der Waals surface area contributed by atoms with Crippen molar-refractivity contribution in [2.45, 2.75) is 37.0 Å². The van der Waals surface area contributed by atoms with Crippen molar-refractivity contribution in [1.29, 1.82) is 0 Å². The van der Waals surface area contributed by atoms with E-state index in [9.17, 15) is 13.2 Å². The lowest BCUT2D eigenvalue weighted by Crippen LogP contribution is -2.42. The number of esters is 1. The molecule has 9 heteroatoms. The van der Waals surface area contributed by atoms with Crippen LogP contribution in [0.3, 0.4) is 0 Å². The lowest BCUT2D eigenvalue weighted by atomic mass is 9.95. The number of thiophene rings is 1. The Morgan fingerprint density at radius 3 is 2.40 bits per heavy atom. The summed E-state index contributed by atoms with van der Waals surface area (Å²) in [4.78, 5) is 14.7. The molecule has 1 aliphatic rings. The molecule has 40 heavy (non-hydrogen) atoms. The van der Waals surface area contributed by atoms with Crippen molar-refractivity contribution < 1.29 is 32.2 Å². The topological polar surface area (TPSA) is 88.1 Å². The van der Waals surface area contributed by atoms with Crippen LogP contribution in [0.5, 0.6) is 11.5 Å². The Balaban J connectivity index is 1.39. The molecule has 210 valence electrons. The Morgan fingerprint density at radius 1 is 0.900 bits per heavy atom. The van der Waals surface area contributed by atoms with Gasteiger partial charge in [0.2, 0.25) is 0 Å². The molecule has 0 radical (unpaired) electrons. The van der Waals surface area contributed by atoms with Gasteiger partial charge in [-0.2, -0.15) is 0 Å². The van der Waals surface area contributed by atoms with Gasteiger partial charge in [0, 0.05) is 16.9 Å². The Morgan fingerprint density at radius 2 is 1.65 bits per heavy atom. The molecule has 5 rings (SSSR count). The van der Waals surface area contributed by atoms with E-state index >= 15 is 0 Å². The average molecular weight is 581 g/mol. The van der Waals surface area contributed by atoms with Crippen LogP contribution in [0.2, 0.25) is 0 Å². The highest BCUT2D eigenvalue weighted by Gasteiger charge is 2.49. The molecule has 0 aliphatic carbocycles. The molecule has 1 saturated heterocycles. The summed E-state index contributed by atoms with van der Waals surface area (Å²) in [5.41, 5.74) is 1.79. The van der Waals surface area contributed by atoms with Crippen molar-refractivity contribution in [2.24, 2.45) is 0 Å². The van der Waals surface area contributed by atoms with Gasteiger partial charge >= 0.3 is 5.97 Å². The zero-order valence-corrected chi connectivity index (χ0v) is 24.2. The number of methoxy groups -OCH3 is 2. The van der Waals surface area contributed by atoms with Gasteiger partial charge in [0.15, 0.2) is 16.6 Å². The lowest BCUT2D eigenvalue weighted by molar-refractivity contribution is -0.145. The summed E-state index contributed by atoms with van der Waals surface area (Å²) < 4.78 is 47.1. The molecule has 1 fully saturated rings. The molecule has 0 unspecified atom stereocenters. The van der Waals surface area contributed by atoms with Crippen molar-refractivity contribution >= 4 is 37.9 Å². The monoisotopic (exact) mass is 580 g/mol. The predicted molar refractivity (Wildman–Crippen MR) is 156 cm³/mol. The van der Waals surface area contributed by atoms with Gasteiger partial charge in [-0.3, -0.25) is 4.79 Å². The maximum atomic E-state index is 13.6. The number of hydrogen-bond donors (Lipinski definition) is 0. The highest BCUT2D eigenvalue weighted by molar-refractivity contribution is 7.92. The summed E-state index contributed by atoms with van der Waals surface area (Å²) in [6.07, 6.45) is 1.54. The minimum atomic E-state index is -3.57. The number of benzene rings is 3. The smallest absolute Gasteiger partial charge is 0.308 e. The van der Waals surface area contributed by atoms with Crippen LogP contribution in [-0.4, -0.2) is 41.2 Å². The second-order valence-electron chi connectivity index (χ2n) is 9.89. The standard InChI is InChI=1S/C31H32O7S2/c1-35-21-38-27-12-9-23-17-25(8-7-24(23)18-27)28-13-14-29(39-28)31(15-3-4-16-40(31,33)34)19-30(32)37-20-22-5-10-26(36-2)11-6-22/h5-14,17-18H,3-4,15-16,19-21H2,1-2H3/t31-/m0/s1. The Labute approximate surface area is 238 Å². The van der Waals surface area contributed by atoms with Gasteiger partial charge in [0.1, 0.15) is 22.9 Å². The molecule has 1 aromatic heterocycles. The molecule has 7 nitrogen and oxygen atoms in total. The first-order valence-electron chi connectivity index (χ1n) is 13.1. The number of carbonyl (C=O) groups excluding carboxylic acids is 1. The SMILES string of the molecule is COCOc1ccc2cc(-c3ccc([C@@]4(CC(=O)OCc5ccc(OC)cc5)CCCCS4(=O)=O)s3)ccc2c1. The second-order valence-corrected chi connectivity index (χ2v) is 13.4. The molecule has 3 aromatic carbocycles. The minimum Gasteiger partial charge on any atom is -0.497 e. The third-order valence-corrected chi connectivity index (χ3v) is 11.4. The maximum Gasteiger partial charge on any atom is 0.308 e. The Kier molecular flexibility index (Phi) is 8.44. The van der Waals surface area contributed by atoms with E-state index in [2.05, 4.69) is 6.07 Å². The molecular weight excluding hydrogens is 548 g/mol. The van der Waals surface area contributed by atoms with E-state index in [0.717, 1.165) is 38.9 Å². The maximum absolute atomic E-state index is 13.6. The normalized spacial score (nSPS) is 18.4. The number of hydrogen-bond acceptors (Lipinski definition) is 8. The lowest BCUT2D eigenvalue weighted by Gasteiger charge is -2.35. The molecule has 0 N–H and O–H groups in total. The van der Waals surface area contributed by atoms with E-state index in [0.29, 0.717) is 23.5 Å². The number of fused-ring (bicyclic) bond motifs is 1. The summed E-state index contributed by atoms with van der Waals surface area (Å²) in [6.45, 7) is 0.255. The molecule has 0 spiro atoms. The zero-order chi connectivity index (χ0) is 28.2. The van der Waals surface area contributed by atoms with Crippen molar-refractivity contribution in [3.8, 4) is 21.9 Å². The minimum absolute atomic E-state index is 0.0649. The summed E-state index contributed by atoms with van der Waals surface area (Å²) in [5.74, 6) is 0.982. The van der Waals surface area contributed by atoms with E-state index in [1.807, 2.05) is 54.6 Å². The second kappa shape index (κ2) is 12.0. The van der Waals surface area contributed by atoms with E-state index in [-0.39, 0.29) is 25.6 Å². The van der Waals surface area contributed by atoms with Crippen molar-refractivity contribution in [3.63, 3.8) is 0 Å². The van der Waals surface area contributed by atoms with E-state index in [4.69, 9.17) is 18.9 Å². The van der Waals surface area contributed by atoms with Crippen LogP contribution in [0.1, 0.15) is 36.1 Å². The number of carbonyl (C=O) groups is 1. The summed E-state index contributed by atoms with van der Waals surface area (Å²) >= 11 is 1.43. The van der Waals surface area contributed by atoms with Crippen LogP contribution in [-0.2, 0) is 35.5 Å². The number of rotatable bonds is 10. The van der Waals surface area contributed by atoms with Crippen LogP contribution in [0.4, 0.5) is 0 Å². The third kappa shape index (κ3) is 5.87. The molecule has 4 aromatic rings. The van der Waals surface area contributed by atoms with Crippen molar-refractivity contribution in [3.05, 3.63) is 83.2 Å². The van der Waals surface area contributed by atoms with Gasteiger partial charge in [-0.1, -0.05) is 36.8 Å². The molecule has 1 atom stereocenters. The number of sulfone groups is 1. The molecule has 0 amide bonds. The number of ether oxygens (including phenoxy) is 4. The quantitative estimate of drug-likeness (QED) is 0.157. The van der Waals surface area contributed by atoms with Crippen LogP contribution in [0, 0.1) is 0 Å². The first kappa shape index (κ1) is 28.1. The third-order valence-electron chi connectivity index (χ3n) is 7.32. The fraction of sp³-hybridized carbons (Fsp3) is 0.323. The molecule has 0 saturated carbocycles. The molecule has 0 bridgehead atoms. The van der Waals surface area contributed by atoms with Crippen LogP contribution < -0.4 is 9.47 Å². The fourth-order valence-electron chi connectivity index (χ4n) is 5.12. The molecular formula is C31H32O7S2. The van der Waals surface area contributed by atoms with Crippen LogP contribution in [0.25, 0.3) is 21.2 Å². The highest BCUT2D eigenvalue weighted by Crippen LogP contribution is 2.47. The van der Waals surface area contributed by atoms with Gasteiger partial charge in [0.05, 0.1) is 19.3 Å². The Bertz CT molecular complexity index is 1590. The fourth-order valence-corrected chi connectivity index (χ4v) is 8.88. The predicted octanol–water partition coefficient (Wildman–Crippen LogP) is 6.49. The van der Waals surface area contributed by atoms with Gasteiger partial charge in [-0.05, 0) is 77.2 Å². The molecule has 2 heterocycles. The summed E-state index contributed by atoms with van der Waals surface area (Å²) in [7, 11) is -0.404. The van der Waals surface area contributed by atoms with Gasteiger partial charge in [0.25, 0.3) is 0 Å². The van der Waals surface area contributed by atoms with Crippen molar-refractivity contribution in [2.75, 3.05) is 26.8 Å². The van der Waals surface area contributed by atoms with Crippen LogP contribution >= 0.6 is 11.3 Å². The first-order chi connectivity index (χ1) is 19.3. The average Bonchev–Trinajstić information content (AvgIpc) is 3.47. The van der Waals surface area contributed by atoms with E-state index < -0.39 is 20.6 Å². The van der Waals surface area contributed by atoms with E-state index in [1.165, 1.54) is 11.3 Å². The van der Waals surface area contributed by atoms with Crippen LogP contribution in [0.15, 0.2) is 72.8 Å². The highest BCUT2D eigenvalue weighted by atomic mass is 32.2. The summed E-state index contributed by atoms with van der Waals surface area (Å²) in [5, 5.41) is 2.07. The molecule has 1 aliphatic heterocycles. The van der Waals surface area contributed by atoms with Gasteiger partial charge in [-0.25, -0.2) is 8.42 Å². The largest absolute Gasteiger partial charge is 0.497 e. The zero-order valence-electron chi connectivity index (χ0n) is 22.6. The Hall–Kier alpha value is -3.40. The van der Waals surface area contributed by atoms with Gasteiger partial charge in [-0.15, -0.1) is 11.3 Å². The first-order valence-corrected chi connectivity index (χ1v) is 15.6. The van der Waals surface area contributed by atoms with Gasteiger partial charge < -0.3 is 18.9 Å². The van der Waals surface area contributed by atoms with E-state index in [1.54, 1.807) is 26.4 Å². The summed E-state index contributed by atoms with van der Waals surface area (Å²) in [6, 6.07) is 23.0. The van der Waals surface area contributed by atoms with Crippen molar-refractivity contribution in [1.82, 2.24) is 0 Å².